The normalized spacial score (nSPS) is 11.5. The van der Waals surface area contributed by atoms with E-state index in [2.05, 4.69) is 0 Å². The number of alkyl halides is 3. The first-order valence-corrected chi connectivity index (χ1v) is 3.59. The van der Waals surface area contributed by atoms with Gasteiger partial charge in [0.1, 0.15) is 0 Å². The molecule has 72 valence electrons. The Morgan fingerprint density at radius 1 is 1.31 bits per heavy atom. The molecule has 0 saturated carbocycles. The van der Waals surface area contributed by atoms with E-state index in [9.17, 15) is 13.2 Å². The lowest BCUT2D eigenvalue weighted by Crippen LogP contribution is -2.14. The second-order valence-corrected chi connectivity index (χ2v) is 2.69. The molecule has 0 fully saturated rings. The summed E-state index contributed by atoms with van der Waals surface area (Å²) < 4.78 is 37.0. The third-order valence-electron chi connectivity index (χ3n) is 1.64. The highest BCUT2D eigenvalue weighted by atomic mass is 19.4. The van der Waals surface area contributed by atoms with Crippen LogP contribution >= 0.6 is 0 Å². The summed E-state index contributed by atoms with van der Waals surface area (Å²) in [6, 6.07) is 3.91. The summed E-state index contributed by atoms with van der Waals surface area (Å²) >= 11 is 0. The highest BCUT2D eigenvalue weighted by Crippen LogP contribution is 2.34. The second kappa shape index (κ2) is 3.26. The lowest BCUT2D eigenvalue weighted by atomic mass is 10.1. The van der Waals surface area contributed by atoms with Gasteiger partial charge in [-0.15, -0.1) is 0 Å². The minimum atomic E-state index is -4.37. The molecule has 1 aromatic rings. The predicted octanol–water partition coefficient (Wildman–Crippen LogP) is 2.30. The molecule has 5 heteroatoms. The molecule has 3 N–H and O–H groups in total. The number of aryl methyl sites for hydroxylation is 1. The predicted molar refractivity (Wildman–Crippen MR) is 44.0 cm³/mol. The van der Waals surface area contributed by atoms with Crippen LogP contribution in [0, 0.1) is 6.92 Å². The fourth-order valence-corrected chi connectivity index (χ4v) is 1.02. The first-order chi connectivity index (χ1) is 5.95. The highest BCUT2D eigenvalue weighted by molar-refractivity contribution is 5.53. The monoisotopic (exact) mass is 190 g/mol. The third-order valence-corrected chi connectivity index (χ3v) is 1.64. The Labute approximate surface area is 73.5 Å². The maximum absolute atomic E-state index is 12.3. The van der Waals surface area contributed by atoms with Gasteiger partial charge in [0.15, 0.2) is 0 Å². The number of hydrogen-bond acceptors (Lipinski definition) is 2. The van der Waals surface area contributed by atoms with Crippen molar-refractivity contribution in [1.82, 2.24) is 0 Å². The summed E-state index contributed by atoms with van der Waals surface area (Å²) in [4.78, 5) is 0. The molecule has 0 atom stereocenters. The van der Waals surface area contributed by atoms with Gasteiger partial charge >= 0.3 is 6.18 Å². The number of hydrogen-bond donors (Lipinski definition) is 2. The van der Waals surface area contributed by atoms with Crippen molar-refractivity contribution in [3.63, 3.8) is 0 Å². The van der Waals surface area contributed by atoms with Gasteiger partial charge in [-0.1, -0.05) is 11.6 Å². The van der Waals surface area contributed by atoms with E-state index in [1.165, 1.54) is 6.07 Å². The van der Waals surface area contributed by atoms with Gasteiger partial charge in [-0.3, -0.25) is 5.84 Å². The van der Waals surface area contributed by atoms with Crippen LogP contribution in [0.25, 0.3) is 0 Å². The van der Waals surface area contributed by atoms with Crippen molar-refractivity contribution in [2.45, 2.75) is 13.1 Å². The molecule has 0 radical (unpaired) electrons. The summed E-state index contributed by atoms with van der Waals surface area (Å²) in [6.07, 6.45) is -4.37. The molecule has 0 spiro atoms. The number of anilines is 1. The SMILES string of the molecule is Cc1ccc(NN)c(C(F)(F)F)c1. The van der Waals surface area contributed by atoms with Crippen LogP contribution in [0.15, 0.2) is 18.2 Å². The Balaban J connectivity index is 3.24. The van der Waals surface area contributed by atoms with E-state index in [0.717, 1.165) is 6.07 Å². The average molecular weight is 190 g/mol. The molecule has 2 nitrogen and oxygen atoms in total. The summed E-state index contributed by atoms with van der Waals surface area (Å²) in [6.45, 7) is 1.59. The molecule has 1 rings (SSSR count). The molecule has 0 aliphatic rings. The van der Waals surface area contributed by atoms with Gasteiger partial charge in [-0.05, 0) is 19.1 Å². The molecule has 13 heavy (non-hydrogen) atoms. The molecule has 0 aliphatic heterocycles. The van der Waals surface area contributed by atoms with E-state index < -0.39 is 11.7 Å². The van der Waals surface area contributed by atoms with Crippen LogP contribution in [0.5, 0.6) is 0 Å². The number of nitrogens with two attached hydrogens (primary N) is 1. The quantitative estimate of drug-likeness (QED) is 0.526. The fraction of sp³-hybridized carbons (Fsp3) is 0.250. The van der Waals surface area contributed by atoms with E-state index in [1.54, 1.807) is 13.0 Å². The largest absolute Gasteiger partial charge is 0.418 e. The van der Waals surface area contributed by atoms with Crippen LogP contribution in [-0.2, 0) is 6.18 Å². The molecule has 0 amide bonds. The molecular formula is C8H9F3N2. The Morgan fingerprint density at radius 3 is 2.38 bits per heavy atom. The maximum atomic E-state index is 12.3. The van der Waals surface area contributed by atoms with Crippen molar-refractivity contribution in [2.75, 3.05) is 5.43 Å². The number of hydrazine groups is 1. The van der Waals surface area contributed by atoms with Crippen molar-refractivity contribution < 1.29 is 13.2 Å². The van der Waals surface area contributed by atoms with Crippen LogP contribution in [0.1, 0.15) is 11.1 Å². The molecule has 0 saturated heterocycles. The van der Waals surface area contributed by atoms with Crippen LogP contribution in [0.4, 0.5) is 18.9 Å². The van der Waals surface area contributed by atoms with E-state index in [-0.39, 0.29) is 5.69 Å². The molecule has 0 aliphatic carbocycles. The zero-order chi connectivity index (χ0) is 10.1. The smallest absolute Gasteiger partial charge is 0.324 e. The van der Waals surface area contributed by atoms with Gasteiger partial charge in [0, 0.05) is 0 Å². The highest BCUT2D eigenvalue weighted by Gasteiger charge is 2.33. The van der Waals surface area contributed by atoms with Crippen molar-refractivity contribution in [3.05, 3.63) is 29.3 Å². The molecule has 1 aromatic carbocycles. The van der Waals surface area contributed by atoms with Gasteiger partial charge in [0.05, 0.1) is 11.3 Å². The van der Waals surface area contributed by atoms with Crippen molar-refractivity contribution in [1.29, 1.82) is 0 Å². The summed E-state index contributed by atoms with van der Waals surface area (Å²) in [5, 5.41) is 0. The van der Waals surface area contributed by atoms with Gasteiger partial charge < -0.3 is 5.43 Å². The summed E-state index contributed by atoms with van der Waals surface area (Å²) in [5.74, 6) is 4.95. The number of rotatable bonds is 1. The molecular weight excluding hydrogens is 181 g/mol. The lowest BCUT2D eigenvalue weighted by molar-refractivity contribution is -0.137. The molecule has 0 bridgehead atoms. The molecule has 0 aromatic heterocycles. The van der Waals surface area contributed by atoms with E-state index in [1.807, 2.05) is 5.43 Å². The standard InChI is InChI=1S/C8H9F3N2/c1-5-2-3-7(13-12)6(4-5)8(9,10)11/h2-4,13H,12H2,1H3. The van der Waals surface area contributed by atoms with E-state index in [0.29, 0.717) is 5.56 Å². The van der Waals surface area contributed by atoms with Crippen molar-refractivity contribution in [3.8, 4) is 0 Å². The van der Waals surface area contributed by atoms with Crippen molar-refractivity contribution in [2.24, 2.45) is 5.84 Å². The lowest BCUT2D eigenvalue weighted by Gasteiger charge is -2.12. The number of nitrogens with one attached hydrogen (secondary N) is 1. The Morgan fingerprint density at radius 2 is 1.92 bits per heavy atom. The topological polar surface area (TPSA) is 38.0 Å². The Hall–Kier alpha value is -1.23. The maximum Gasteiger partial charge on any atom is 0.418 e. The van der Waals surface area contributed by atoms with Gasteiger partial charge in [-0.2, -0.15) is 13.2 Å². The number of nitrogen functional groups attached to an aromatic ring is 1. The minimum Gasteiger partial charge on any atom is -0.324 e. The van der Waals surface area contributed by atoms with Gasteiger partial charge in [0.25, 0.3) is 0 Å². The van der Waals surface area contributed by atoms with Crippen LogP contribution in [0.2, 0.25) is 0 Å². The molecule has 0 heterocycles. The van der Waals surface area contributed by atoms with E-state index in [4.69, 9.17) is 5.84 Å². The fourth-order valence-electron chi connectivity index (χ4n) is 1.02. The average Bonchev–Trinajstić information content (AvgIpc) is 2.03. The summed E-state index contributed by atoms with van der Waals surface area (Å²) in [5.41, 5.74) is 1.70. The van der Waals surface area contributed by atoms with Crippen LogP contribution in [-0.4, -0.2) is 0 Å². The summed E-state index contributed by atoms with van der Waals surface area (Å²) in [7, 11) is 0. The first-order valence-electron chi connectivity index (χ1n) is 3.59. The Bertz CT molecular complexity index is 307. The third kappa shape index (κ3) is 2.12. The van der Waals surface area contributed by atoms with Gasteiger partial charge in [0.2, 0.25) is 0 Å². The first kappa shape index (κ1) is 9.85. The number of benzene rings is 1. The van der Waals surface area contributed by atoms with Crippen LogP contribution < -0.4 is 11.3 Å². The van der Waals surface area contributed by atoms with Crippen molar-refractivity contribution >= 4 is 5.69 Å². The van der Waals surface area contributed by atoms with Gasteiger partial charge in [-0.25, -0.2) is 0 Å². The second-order valence-electron chi connectivity index (χ2n) is 2.69. The Kier molecular flexibility index (Phi) is 2.47. The van der Waals surface area contributed by atoms with Crippen LogP contribution in [0.3, 0.4) is 0 Å². The molecule has 0 unspecified atom stereocenters. The number of halogens is 3. The minimum absolute atomic E-state index is 0.113. The van der Waals surface area contributed by atoms with E-state index >= 15 is 0 Å². The zero-order valence-electron chi connectivity index (χ0n) is 6.94. The zero-order valence-corrected chi connectivity index (χ0v) is 6.94.